The summed E-state index contributed by atoms with van der Waals surface area (Å²) in [5.74, 6) is 2.47. The fraction of sp³-hybridized carbons (Fsp3) is 0.566. The molecular weight excluding hydrogens is 976 g/mol. The van der Waals surface area contributed by atoms with Gasteiger partial charge >= 0.3 is 12.1 Å². The number of hydrogen-bond donors (Lipinski definition) is 2. The minimum absolute atomic E-state index is 0.0359. The number of aromatic nitrogens is 9. The number of halogens is 1. The zero-order valence-electron chi connectivity index (χ0n) is 43.4. The Balaban J connectivity index is 0.589. The molecule has 4 saturated carbocycles. The molecule has 4 saturated heterocycles. The first-order valence-corrected chi connectivity index (χ1v) is 27.0. The van der Waals surface area contributed by atoms with E-state index in [0.29, 0.717) is 114 Å². The molecule has 5 aromatic heterocycles. The molecule has 14 rings (SSSR count). The Morgan fingerprint density at radius 2 is 1.63 bits per heavy atom. The topological polar surface area (TPSA) is 245 Å². The summed E-state index contributed by atoms with van der Waals surface area (Å²) >= 11 is 0. The quantitative estimate of drug-likeness (QED) is 0.155. The maximum Gasteiger partial charge on any atom is 0.410 e. The molecule has 1 aromatic carbocycles. The third kappa shape index (κ3) is 8.00. The van der Waals surface area contributed by atoms with Crippen LogP contribution in [-0.4, -0.2) is 154 Å². The maximum atomic E-state index is 16.3. The largest absolute Gasteiger partial charge is 0.439 e. The second kappa shape index (κ2) is 18.2. The monoisotopic (exact) mass is 1040 g/mol. The van der Waals surface area contributed by atoms with Crippen molar-refractivity contribution in [1.29, 1.82) is 0 Å². The van der Waals surface area contributed by atoms with E-state index in [0.717, 1.165) is 86.5 Å². The molecule has 6 aromatic rings. The van der Waals surface area contributed by atoms with Crippen LogP contribution < -0.4 is 20.9 Å². The lowest BCUT2D eigenvalue weighted by Gasteiger charge is -2.61. The van der Waals surface area contributed by atoms with E-state index in [1.54, 1.807) is 24.1 Å². The Bertz CT molecular complexity index is 3320. The van der Waals surface area contributed by atoms with Crippen molar-refractivity contribution in [3.8, 4) is 22.8 Å². The standard InChI is InChI=1S/C53H63FN16O6/c1-29-35(26-56-47(59-29)39-43(63-76-45(39)32-5-6-32)42-40-46(55)57-28-58-49(40)70(61-42)53-23-30(24-53)25-53)31-9-14-67(15-10-31)51(74)75-27-38(72)66-16-11-33(12-17-66)52(2,3)68-21-19-65(20-22-68)36-8-7-34-44(41(36)54)64(4)62-48(34)69-18-13-37(71)60-50(69)73/h7-8,26,28,30-33H,5-6,9-25,27H2,1-4H3,(H2,55,57,58)(H,60,71,73). The average Bonchev–Trinajstić information content (AvgIpc) is 4.00. The summed E-state index contributed by atoms with van der Waals surface area (Å²) < 4.78 is 31.5. The van der Waals surface area contributed by atoms with E-state index >= 15 is 4.39 Å². The molecule has 398 valence electrons. The Hall–Kier alpha value is -7.30. The van der Waals surface area contributed by atoms with Gasteiger partial charge in [0, 0.05) is 101 Å². The molecule has 8 fully saturated rings. The van der Waals surface area contributed by atoms with Crippen LogP contribution in [0.3, 0.4) is 0 Å². The van der Waals surface area contributed by atoms with Crippen molar-refractivity contribution in [3.05, 3.63) is 47.5 Å². The van der Waals surface area contributed by atoms with Gasteiger partial charge in [0.25, 0.3) is 5.91 Å². The predicted octanol–water partition coefficient (Wildman–Crippen LogP) is 5.84. The highest BCUT2D eigenvalue weighted by Gasteiger charge is 2.59. The number of nitrogen functional groups attached to an aromatic ring is 1. The average molecular weight is 1040 g/mol. The molecule has 4 aliphatic heterocycles. The van der Waals surface area contributed by atoms with Gasteiger partial charge in [0.2, 0.25) is 5.91 Å². The van der Waals surface area contributed by atoms with Gasteiger partial charge < -0.3 is 29.7 Å². The summed E-state index contributed by atoms with van der Waals surface area (Å²) in [6.45, 7) is 11.3. The molecule has 5 amide bonds. The van der Waals surface area contributed by atoms with E-state index in [1.165, 1.54) is 15.9 Å². The fourth-order valence-corrected chi connectivity index (χ4v) is 13.3. The number of anilines is 3. The lowest BCUT2D eigenvalue weighted by molar-refractivity contribution is -0.136. The molecule has 3 N–H and O–H groups in total. The van der Waals surface area contributed by atoms with E-state index < -0.39 is 17.9 Å². The zero-order valence-corrected chi connectivity index (χ0v) is 43.4. The number of nitrogens with one attached hydrogen (secondary N) is 1. The number of benzene rings is 1. The summed E-state index contributed by atoms with van der Waals surface area (Å²) in [6, 6.07) is 3.00. The summed E-state index contributed by atoms with van der Waals surface area (Å²) in [5.41, 5.74) is 11.6. The predicted molar refractivity (Wildman–Crippen MR) is 277 cm³/mol. The highest BCUT2D eigenvalue weighted by Crippen LogP contribution is 2.63. The second-order valence-electron chi connectivity index (χ2n) is 22.8. The van der Waals surface area contributed by atoms with Gasteiger partial charge in [-0.05, 0) is 114 Å². The third-order valence-corrected chi connectivity index (χ3v) is 18.1. The normalized spacial score (nSPS) is 22.8. The molecule has 2 bridgehead atoms. The number of hydrogen-bond acceptors (Lipinski definition) is 16. The van der Waals surface area contributed by atoms with Gasteiger partial charge in [-0.25, -0.2) is 38.6 Å². The first kappa shape index (κ1) is 48.3. The number of nitrogens with two attached hydrogens (primary N) is 1. The van der Waals surface area contributed by atoms with Crippen LogP contribution in [-0.2, 0) is 26.9 Å². The van der Waals surface area contributed by atoms with Gasteiger partial charge in [-0.3, -0.25) is 29.4 Å². The first-order chi connectivity index (χ1) is 36.7. The highest BCUT2D eigenvalue weighted by atomic mass is 19.1. The number of likely N-dealkylation sites (tertiary alicyclic amines) is 2. The minimum Gasteiger partial charge on any atom is -0.439 e. The summed E-state index contributed by atoms with van der Waals surface area (Å²) in [6.07, 6.45) is 11.3. The molecule has 0 unspecified atom stereocenters. The number of aryl methyl sites for hydroxylation is 2. The van der Waals surface area contributed by atoms with Crippen LogP contribution in [0.1, 0.15) is 107 Å². The lowest BCUT2D eigenvalue weighted by Crippen LogP contribution is -2.59. The summed E-state index contributed by atoms with van der Waals surface area (Å²) in [5, 5.41) is 17.7. The number of carbonyl (C=O) groups excluding carboxylic acids is 4. The first-order valence-electron chi connectivity index (χ1n) is 27.0. The van der Waals surface area contributed by atoms with Gasteiger partial charge in [-0.2, -0.15) is 10.2 Å². The number of nitrogens with zero attached hydrogens (tertiary/aromatic N) is 14. The molecular formula is C53H63FN16O6. The number of piperidine rings is 2. The molecule has 22 nitrogen and oxygen atoms in total. The van der Waals surface area contributed by atoms with E-state index in [9.17, 15) is 19.2 Å². The number of fused-ring (bicyclic) bond motifs is 2. The van der Waals surface area contributed by atoms with Crippen molar-refractivity contribution in [2.24, 2.45) is 18.9 Å². The van der Waals surface area contributed by atoms with Crippen LogP contribution in [0.25, 0.3) is 44.7 Å². The smallest absolute Gasteiger partial charge is 0.410 e. The van der Waals surface area contributed by atoms with Gasteiger partial charge in [0.05, 0.1) is 22.2 Å². The zero-order chi connectivity index (χ0) is 52.4. The van der Waals surface area contributed by atoms with Crippen molar-refractivity contribution >= 4 is 63.2 Å². The van der Waals surface area contributed by atoms with Gasteiger partial charge in [0.1, 0.15) is 29.0 Å². The van der Waals surface area contributed by atoms with Crippen molar-refractivity contribution in [3.63, 3.8) is 0 Å². The number of rotatable bonds is 11. The number of ether oxygens (including phenoxy) is 1. The van der Waals surface area contributed by atoms with Crippen molar-refractivity contribution in [2.75, 3.05) is 81.0 Å². The second-order valence-corrected chi connectivity index (χ2v) is 22.8. The van der Waals surface area contributed by atoms with Crippen molar-refractivity contribution < 1.29 is 32.8 Å². The number of urea groups is 1. The van der Waals surface area contributed by atoms with E-state index in [2.05, 4.69) is 49.2 Å². The van der Waals surface area contributed by atoms with E-state index in [1.807, 2.05) is 22.7 Å². The van der Waals surface area contributed by atoms with Crippen LogP contribution in [0.5, 0.6) is 0 Å². The molecule has 0 spiro atoms. The Labute approximate surface area is 437 Å². The van der Waals surface area contributed by atoms with Crippen molar-refractivity contribution in [2.45, 2.75) is 108 Å². The summed E-state index contributed by atoms with van der Waals surface area (Å²) in [7, 11) is 1.66. The van der Waals surface area contributed by atoms with Crippen LogP contribution >= 0.6 is 0 Å². The number of piperazine rings is 1. The minimum atomic E-state index is -0.563. The Morgan fingerprint density at radius 1 is 0.895 bits per heavy atom. The fourth-order valence-electron chi connectivity index (χ4n) is 13.3. The molecule has 9 heterocycles. The molecule has 4 aliphatic carbocycles. The van der Waals surface area contributed by atoms with Crippen LogP contribution in [0.2, 0.25) is 0 Å². The SMILES string of the molecule is Cc1nc(-c2c(-c3nn(C45CC(C4)C5)c4ncnc(N)c34)noc2C2CC2)ncc1C1CCN(C(=O)OCC(=O)N2CCC(C(C)(C)N3CCN(c4ccc5c(N6CCC(=O)NC6=O)nn(C)c5c4F)CC3)CC2)CC1. The maximum absolute atomic E-state index is 16.3. The summed E-state index contributed by atoms with van der Waals surface area (Å²) in [4.78, 5) is 79.5. The lowest BCUT2D eigenvalue weighted by atomic mass is 9.50. The molecule has 23 heteroatoms. The molecule has 8 aliphatic rings. The Kier molecular flexibility index (Phi) is 11.6. The van der Waals surface area contributed by atoms with Crippen LogP contribution in [0, 0.1) is 24.6 Å². The number of imide groups is 1. The van der Waals surface area contributed by atoms with E-state index in [-0.39, 0.29) is 54.3 Å². The van der Waals surface area contributed by atoms with Gasteiger partial charge in [-0.15, -0.1) is 0 Å². The van der Waals surface area contributed by atoms with Gasteiger partial charge in [-0.1, -0.05) is 5.16 Å². The van der Waals surface area contributed by atoms with Crippen LogP contribution in [0.4, 0.5) is 31.3 Å². The highest BCUT2D eigenvalue weighted by molar-refractivity contribution is 6.09. The van der Waals surface area contributed by atoms with Crippen molar-refractivity contribution in [1.82, 2.24) is 64.7 Å². The van der Waals surface area contributed by atoms with Crippen LogP contribution in [0.15, 0.2) is 29.2 Å². The molecule has 76 heavy (non-hydrogen) atoms. The van der Waals surface area contributed by atoms with E-state index in [4.69, 9.17) is 30.1 Å². The number of amides is 5. The molecule has 0 atom stereocenters. The van der Waals surface area contributed by atoms with Gasteiger partial charge in [0.15, 0.2) is 35.5 Å². The number of carbonyl (C=O) groups is 4. The molecule has 0 radical (unpaired) electrons. The third-order valence-electron chi connectivity index (χ3n) is 18.1. The Morgan fingerprint density at radius 3 is 2.32 bits per heavy atom.